The molecule has 2 aromatic carbocycles. The molecule has 0 aliphatic carbocycles. The van der Waals surface area contributed by atoms with Gasteiger partial charge in [-0.3, -0.25) is 35.3 Å². The number of nitrogens with zero attached hydrogens (tertiary/aromatic N) is 1. The van der Waals surface area contributed by atoms with Crippen molar-refractivity contribution in [2.45, 2.75) is 12.5 Å². The first-order valence-corrected chi connectivity index (χ1v) is 10.6. The second-order valence-corrected chi connectivity index (χ2v) is 7.69. The Balaban J connectivity index is 1.58. The summed E-state index contributed by atoms with van der Waals surface area (Å²) in [5.74, 6) is -1.85. The summed E-state index contributed by atoms with van der Waals surface area (Å²) in [5.41, 5.74) is 4.99. The summed E-state index contributed by atoms with van der Waals surface area (Å²) >= 11 is 1.24. The summed E-state index contributed by atoms with van der Waals surface area (Å²) in [6.07, 6.45) is 0.201. The van der Waals surface area contributed by atoms with Gasteiger partial charge in [-0.2, -0.15) is 0 Å². The van der Waals surface area contributed by atoms with Crippen LogP contribution in [0.2, 0.25) is 0 Å². The first kappa shape index (κ1) is 23.4. The Morgan fingerprint density at radius 3 is 2.39 bits per heavy atom. The molecule has 1 atom stereocenters. The van der Waals surface area contributed by atoms with Crippen LogP contribution >= 0.6 is 11.3 Å². The minimum absolute atomic E-state index is 0.0749. The van der Waals surface area contributed by atoms with Crippen LogP contribution in [-0.4, -0.2) is 35.3 Å². The number of para-hydroxylation sites is 2. The van der Waals surface area contributed by atoms with Crippen LogP contribution < -0.4 is 20.9 Å². The fourth-order valence-electron chi connectivity index (χ4n) is 2.82. The Bertz CT molecular complexity index is 1120. The van der Waals surface area contributed by atoms with Crippen molar-refractivity contribution in [2.75, 3.05) is 6.61 Å². The molecule has 1 aromatic heterocycles. The Labute approximate surface area is 192 Å². The quantitative estimate of drug-likeness (QED) is 0.325. The van der Waals surface area contributed by atoms with Gasteiger partial charge in [-0.1, -0.05) is 48.5 Å². The lowest BCUT2D eigenvalue weighted by Gasteiger charge is -2.18. The molecule has 0 radical (unpaired) electrons. The van der Waals surface area contributed by atoms with E-state index in [1.165, 1.54) is 35.6 Å². The molecule has 0 fully saturated rings. The first-order chi connectivity index (χ1) is 15.9. The maximum Gasteiger partial charge on any atom is 0.310 e. The molecule has 0 saturated heterocycles. The normalized spacial score (nSPS) is 11.2. The van der Waals surface area contributed by atoms with Crippen molar-refractivity contribution < 1.29 is 24.0 Å². The van der Waals surface area contributed by atoms with E-state index in [9.17, 15) is 24.5 Å². The number of amides is 3. The van der Waals surface area contributed by atoms with E-state index in [0.29, 0.717) is 4.88 Å². The van der Waals surface area contributed by atoms with Gasteiger partial charge in [-0.15, -0.1) is 11.3 Å². The number of benzene rings is 2. The summed E-state index contributed by atoms with van der Waals surface area (Å²) in [5, 5.41) is 15.4. The maximum absolute atomic E-state index is 12.7. The Kier molecular flexibility index (Phi) is 8.08. The smallest absolute Gasteiger partial charge is 0.310 e. The van der Waals surface area contributed by atoms with Crippen LogP contribution in [0.25, 0.3) is 0 Å². The number of nitrogens with one attached hydrogen (secondary N) is 3. The molecule has 33 heavy (non-hydrogen) atoms. The van der Waals surface area contributed by atoms with Crippen LogP contribution in [0.5, 0.6) is 5.75 Å². The highest BCUT2D eigenvalue weighted by atomic mass is 32.1. The Hall–Kier alpha value is -4.25. The van der Waals surface area contributed by atoms with E-state index in [-0.39, 0.29) is 17.9 Å². The molecule has 0 spiro atoms. The molecule has 3 amide bonds. The minimum Gasteiger partial charge on any atom is -0.477 e. The van der Waals surface area contributed by atoms with Gasteiger partial charge in [-0.05, 0) is 23.1 Å². The van der Waals surface area contributed by atoms with Crippen molar-refractivity contribution in [1.82, 2.24) is 16.2 Å². The van der Waals surface area contributed by atoms with Crippen LogP contribution in [-0.2, 0) is 16.0 Å². The molecule has 3 N–H and O–H groups in total. The van der Waals surface area contributed by atoms with Crippen LogP contribution in [0.15, 0.2) is 72.1 Å². The molecule has 10 nitrogen and oxygen atoms in total. The number of hydrogen-bond donors (Lipinski definition) is 3. The molecule has 1 heterocycles. The zero-order chi connectivity index (χ0) is 23.6. The van der Waals surface area contributed by atoms with Crippen LogP contribution in [0.3, 0.4) is 0 Å². The van der Waals surface area contributed by atoms with Crippen LogP contribution in [0.1, 0.15) is 15.2 Å². The average molecular weight is 468 g/mol. The SMILES string of the molecule is O=C(COc1ccccc1[N+](=O)[O-])NNC(=O)C(Cc1ccccc1)NC(=O)c1cccs1. The van der Waals surface area contributed by atoms with Gasteiger partial charge in [0.25, 0.3) is 17.7 Å². The number of rotatable bonds is 9. The third-order valence-electron chi connectivity index (χ3n) is 4.40. The molecule has 0 aliphatic rings. The number of nitro benzene ring substituents is 1. The van der Waals surface area contributed by atoms with Gasteiger partial charge in [0.1, 0.15) is 6.04 Å². The summed E-state index contributed by atoms with van der Waals surface area (Å²) in [6.45, 7) is -0.559. The minimum atomic E-state index is -0.960. The number of carbonyl (C=O) groups excluding carboxylic acids is 3. The zero-order valence-corrected chi connectivity index (χ0v) is 18.0. The maximum atomic E-state index is 12.7. The van der Waals surface area contributed by atoms with Crippen molar-refractivity contribution in [2.24, 2.45) is 0 Å². The van der Waals surface area contributed by atoms with Gasteiger partial charge in [0.2, 0.25) is 0 Å². The zero-order valence-electron chi connectivity index (χ0n) is 17.2. The first-order valence-electron chi connectivity index (χ1n) is 9.77. The van der Waals surface area contributed by atoms with Gasteiger partial charge in [0.15, 0.2) is 12.4 Å². The Morgan fingerprint density at radius 1 is 0.970 bits per heavy atom. The highest BCUT2D eigenvalue weighted by Crippen LogP contribution is 2.25. The average Bonchev–Trinajstić information content (AvgIpc) is 3.37. The number of carbonyl (C=O) groups is 3. The van der Waals surface area contributed by atoms with E-state index in [1.807, 2.05) is 30.3 Å². The van der Waals surface area contributed by atoms with Gasteiger partial charge >= 0.3 is 5.69 Å². The highest BCUT2D eigenvalue weighted by Gasteiger charge is 2.23. The summed E-state index contributed by atoms with van der Waals surface area (Å²) in [7, 11) is 0. The van der Waals surface area contributed by atoms with Crippen molar-refractivity contribution in [1.29, 1.82) is 0 Å². The molecule has 0 aliphatic heterocycles. The van der Waals surface area contributed by atoms with E-state index in [0.717, 1.165) is 5.56 Å². The summed E-state index contributed by atoms with van der Waals surface area (Å²) < 4.78 is 5.19. The number of nitro groups is 1. The largest absolute Gasteiger partial charge is 0.477 e. The molecule has 170 valence electrons. The predicted octanol–water partition coefficient (Wildman–Crippen LogP) is 2.22. The lowest BCUT2D eigenvalue weighted by atomic mass is 10.1. The topological polar surface area (TPSA) is 140 Å². The van der Waals surface area contributed by atoms with Crippen molar-refractivity contribution in [3.63, 3.8) is 0 Å². The standard InChI is InChI=1S/C22H20N4O6S/c27-20(14-32-18-10-5-4-9-17(18)26(30)31)24-25-21(28)16(13-15-7-2-1-3-8-15)23-22(29)19-11-6-12-33-19/h1-12,16H,13-14H2,(H,23,29)(H,24,27)(H,25,28). The monoisotopic (exact) mass is 468 g/mol. The lowest BCUT2D eigenvalue weighted by molar-refractivity contribution is -0.385. The van der Waals surface area contributed by atoms with Gasteiger partial charge < -0.3 is 10.1 Å². The number of hydrogen-bond acceptors (Lipinski definition) is 7. The van der Waals surface area contributed by atoms with E-state index >= 15 is 0 Å². The third-order valence-corrected chi connectivity index (χ3v) is 5.26. The van der Waals surface area contributed by atoms with E-state index in [1.54, 1.807) is 17.5 Å². The van der Waals surface area contributed by atoms with Gasteiger partial charge in [-0.25, -0.2) is 0 Å². The fraction of sp³-hybridized carbons (Fsp3) is 0.136. The predicted molar refractivity (Wildman–Crippen MR) is 121 cm³/mol. The number of ether oxygens (including phenoxy) is 1. The molecular formula is C22H20N4O6S. The molecular weight excluding hydrogens is 448 g/mol. The van der Waals surface area contributed by atoms with Crippen LogP contribution in [0.4, 0.5) is 5.69 Å². The summed E-state index contributed by atoms with van der Waals surface area (Å²) in [4.78, 5) is 48.1. The van der Waals surface area contributed by atoms with Crippen molar-refractivity contribution in [3.05, 3.63) is 92.7 Å². The molecule has 3 aromatic rings. The Morgan fingerprint density at radius 2 is 1.70 bits per heavy atom. The lowest BCUT2D eigenvalue weighted by Crippen LogP contribution is -2.53. The van der Waals surface area contributed by atoms with E-state index < -0.39 is 35.3 Å². The van der Waals surface area contributed by atoms with Crippen molar-refractivity contribution in [3.8, 4) is 5.75 Å². The number of hydrazine groups is 1. The van der Waals surface area contributed by atoms with E-state index in [4.69, 9.17) is 4.74 Å². The second kappa shape index (κ2) is 11.4. The summed E-state index contributed by atoms with van der Waals surface area (Å²) in [6, 6.07) is 17.1. The number of thiophene rings is 1. The molecule has 0 bridgehead atoms. The van der Waals surface area contributed by atoms with Gasteiger partial charge in [0.05, 0.1) is 9.80 Å². The molecule has 3 rings (SSSR count). The van der Waals surface area contributed by atoms with E-state index in [2.05, 4.69) is 16.2 Å². The molecule has 11 heteroatoms. The highest BCUT2D eigenvalue weighted by molar-refractivity contribution is 7.12. The third kappa shape index (κ3) is 6.87. The molecule has 1 unspecified atom stereocenters. The second-order valence-electron chi connectivity index (χ2n) is 6.74. The molecule has 0 saturated carbocycles. The fourth-order valence-corrected chi connectivity index (χ4v) is 3.45. The van der Waals surface area contributed by atoms with Crippen molar-refractivity contribution >= 4 is 34.7 Å². The van der Waals surface area contributed by atoms with Gasteiger partial charge in [0, 0.05) is 12.5 Å². The van der Waals surface area contributed by atoms with Crippen LogP contribution in [0, 0.1) is 10.1 Å².